The minimum atomic E-state index is -1.60. The molecule has 0 saturated carbocycles. The van der Waals surface area contributed by atoms with Crippen molar-refractivity contribution in [1.29, 1.82) is 0 Å². The zero-order valence-corrected chi connectivity index (χ0v) is 22.0. The first-order valence-corrected chi connectivity index (χ1v) is 12.7. The second-order valence-electron chi connectivity index (χ2n) is 9.53. The molecule has 202 valence electrons. The summed E-state index contributed by atoms with van der Waals surface area (Å²) in [5.74, 6) is -0.0972. The molecule has 0 aliphatic carbocycles. The molecular formula is C28H33N3O7. The summed E-state index contributed by atoms with van der Waals surface area (Å²) in [4.78, 5) is 38.1. The number of likely N-dealkylation sites (tertiary alicyclic amines) is 1. The number of carboxylic acids is 1. The second-order valence-corrected chi connectivity index (χ2v) is 9.53. The van der Waals surface area contributed by atoms with Gasteiger partial charge in [0.15, 0.2) is 0 Å². The van der Waals surface area contributed by atoms with Crippen molar-refractivity contribution in [2.45, 2.75) is 52.4 Å². The number of carbonyl (C=O) groups excluding carboxylic acids is 2. The largest absolute Gasteiger partial charge is 0.493 e. The third kappa shape index (κ3) is 5.69. The number of aliphatic carboxylic acids is 1. The molecule has 10 nitrogen and oxygen atoms in total. The van der Waals surface area contributed by atoms with E-state index in [0.29, 0.717) is 43.2 Å². The number of benzene rings is 2. The van der Waals surface area contributed by atoms with Gasteiger partial charge in [0.2, 0.25) is 5.60 Å². The number of rotatable bonds is 9. The SMILES string of the molecule is CCOc1cccc2c1cc(C(=O)Nc1ccc(O[C@H]3CCN(C(=O)OC(C)(C)C(=O)O)C3)cc1)n2CC. The molecule has 1 aliphatic heterocycles. The van der Waals surface area contributed by atoms with Crippen LogP contribution in [-0.2, 0) is 16.1 Å². The van der Waals surface area contributed by atoms with Crippen molar-refractivity contribution in [3.8, 4) is 11.5 Å². The molecule has 0 unspecified atom stereocenters. The van der Waals surface area contributed by atoms with E-state index >= 15 is 0 Å². The van der Waals surface area contributed by atoms with Gasteiger partial charge in [-0.2, -0.15) is 0 Å². The number of ether oxygens (including phenoxy) is 3. The average Bonchev–Trinajstić information content (AvgIpc) is 3.50. The van der Waals surface area contributed by atoms with E-state index in [4.69, 9.17) is 19.3 Å². The van der Waals surface area contributed by atoms with Crippen LogP contribution in [0.5, 0.6) is 11.5 Å². The topological polar surface area (TPSA) is 119 Å². The van der Waals surface area contributed by atoms with E-state index in [2.05, 4.69) is 5.32 Å². The van der Waals surface area contributed by atoms with E-state index < -0.39 is 17.7 Å². The Hall–Kier alpha value is -4.21. The van der Waals surface area contributed by atoms with Crippen LogP contribution in [0, 0.1) is 0 Å². The summed E-state index contributed by atoms with van der Waals surface area (Å²) < 4.78 is 18.8. The van der Waals surface area contributed by atoms with Crippen LogP contribution in [0.1, 0.15) is 44.6 Å². The van der Waals surface area contributed by atoms with E-state index in [-0.39, 0.29) is 18.6 Å². The lowest BCUT2D eigenvalue weighted by molar-refractivity contribution is -0.155. The lowest BCUT2D eigenvalue weighted by Gasteiger charge is -2.24. The van der Waals surface area contributed by atoms with Crippen LogP contribution in [0.4, 0.5) is 10.5 Å². The van der Waals surface area contributed by atoms with Crippen molar-refractivity contribution in [2.75, 3.05) is 25.0 Å². The number of aryl methyl sites for hydroxylation is 1. The van der Waals surface area contributed by atoms with Crippen molar-refractivity contribution in [3.05, 3.63) is 54.2 Å². The Bertz CT molecular complexity index is 1330. The summed E-state index contributed by atoms with van der Waals surface area (Å²) in [5.41, 5.74) is 0.494. The molecule has 2 aromatic carbocycles. The first-order valence-electron chi connectivity index (χ1n) is 12.7. The first kappa shape index (κ1) is 26.8. The van der Waals surface area contributed by atoms with Crippen LogP contribution in [0.3, 0.4) is 0 Å². The van der Waals surface area contributed by atoms with Crippen molar-refractivity contribution in [2.24, 2.45) is 0 Å². The van der Waals surface area contributed by atoms with Crippen molar-refractivity contribution < 1.29 is 33.7 Å². The Labute approximate surface area is 221 Å². The lowest BCUT2D eigenvalue weighted by Crippen LogP contribution is -2.42. The third-order valence-electron chi connectivity index (χ3n) is 6.43. The molecule has 1 fully saturated rings. The number of fused-ring (bicyclic) bond motifs is 1. The number of carbonyl (C=O) groups is 3. The lowest BCUT2D eigenvalue weighted by atomic mass is 10.1. The monoisotopic (exact) mass is 523 g/mol. The van der Waals surface area contributed by atoms with Crippen LogP contribution in [-0.4, -0.2) is 63.9 Å². The molecule has 3 aromatic rings. The highest BCUT2D eigenvalue weighted by Gasteiger charge is 2.36. The molecule has 10 heteroatoms. The molecule has 1 aromatic heterocycles. The number of aromatic nitrogens is 1. The van der Waals surface area contributed by atoms with Gasteiger partial charge < -0.3 is 34.1 Å². The van der Waals surface area contributed by atoms with Gasteiger partial charge in [0.1, 0.15) is 23.3 Å². The summed E-state index contributed by atoms with van der Waals surface area (Å²) >= 11 is 0. The highest BCUT2D eigenvalue weighted by atomic mass is 16.6. The van der Waals surface area contributed by atoms with Gasteiger partial charge in [-0.05, 0) is 70.2 Å². The third-order valence-corrected chi connectivity index (χ3v) is 6.43. The molecule has 1 aliphatic rings. The molecule has 2 N–H and O–H groups in total. The van der Waals surface area contributed by atoms with Crippen LogP contribution in [0.25, 0.3) is 10.9 Å². The fourth-order valence-corrected chi connectivity index (χ4v) is 4.39. The minimum absolute atomic E-state index is 0.228. The van der Waals surface area contributed by atoms with Gasteiger partial charge >= 0.3 is 12.1 Å². The van der Waals surface area contributed by atoms with E-state index in [9.17, 15) is 14.4 Å². The van der Waals surface area contributed by atoms with Crippen LogP contribution in [0.15, 0.2) is 48.5 Å². The first-order chi connectivity index (χ1) is 18.1. The molecule has 1 saturated heterocycles. The fourth-order valence-electron chi connectivity index (χ4n) is 4.39. The van der Waals surface area contributed by atoms with Gasteiger partial charge in [-0.25, -0.2) is 9.59 Å². The summed E-state index contributed by atoms with van der Waals surface area (Å²) in [6.45, 7) is 8.45. The molecule has 0 radical (unpaired) electrons. The highest BCUT2D eigenvalue weighted by Crippen LogP contribution is 2.30. The quantitative estimate of drug-likeness (QED) is 0.415. The molecule has 2 amide bonds. The van der Waals surface area contributed by atoms with E-state index in [0.717, 1.165) is 16.7 Å². The van der Waals surface area contributed by atoms with Crippen molar-refractivity contribution >= 4 is 34.6 Å². The van der Waals surface area contributed by atoms with E-state index in [1.165, 1.54) is 18.7 Å². The summed E-state index contributed by atoms with van der Waals surface area (Å²) in [6, 6.07) is 14.7. The Balaban J connectivity index is 1.37. The maximum Gasteiger partial charge on any atom is 0.411 e. The van der Waals surface area contributed by atoms with Crippen LogP contribution >= 0.6 is 0 Å². The maximum absolute atomic E-state index is 13.1. The zero-order chi connectivity index (χ0) is 27.4. The molecule has 1 atom stereocenters. The van der Waals surface area contributed by atoms with Gasteiger partial charge in [0.05, 0.1) is 18.7 Å². The fraction of sp³-hybridized carbons (Fsp3) is 0.393. The van der Waals surface area contributed by atoms with Crippen molar-refractivity contribution in [1.82, 2.24) is 9.47 Å². The van der Waals surface area contributed by atoms with E-state index in [1.807, 2.05) is 42.7 Å². The van der Waals surface area contributed by atoms with Gasteiger partial charge in [-0.15, -0.1) is 0 Å². The van der Waals surface area contributed by atoms with Gasteiger partial charge in [-0.3, -0.25) is 4.79 Å². The minimum Gasteiger partial charge on any atom is -0.493 e. The molecular weight excluding hydrogens is 490 g/mol. The number of amides is 2. The Morgan fingerprint density at radius 3 is 2.50 bits per heavy atom. The van der Waals surface area contributed by atoms with E-state index in [1.54, 1.807) is 24.3 Å². The van der Waals surface area contributed by atoms with Gasteiger partial charge in [0, 0.05) is 30.6 Å². The van der Waals surface area contributed by atoms with Gasteiger partial charge in [0.25, 0.3) is 5.91 Å². The second kappa shape index (κ2) is 11.0. The standard InChI is InChI=1S/C28H33N3O7/c1-5-31-22-8-7-9-24(36-6-2)21(22)16-23(31)25(32)29-18-10-12-19(13-11-18)37-20-14-15-30(17-20)27(35)38-28(3,4)26(33)34/h7-13,16,20H,5-6,14-15,17H2,1-4H3,(H,29,32)(H,33,34)/t20-/m0/s1. The number of carboxylic acid groups (broad SMARTS) is 1. The molecule has 0 bridgehead atoms. The van der Waals surface area contributed by atoms with Crippen LogP contribution < -0.4 is 14.8 Å². The van der Waals surface area contributed by atoms with Gasteiger partial charge in [-0.1, -0.05) is 6.07 Å². The number of anilines is 1. The Morgan fingerprint density at radius 1 is 1.11 bits per heavy atom. The molecule has 2 heterocycles. The maximum atomic E-state index is 13.1. The smallest absolute Gasteiger partial charge is 0.411 e. The number of nitrogens with one attached hydrogen (secondary N) is 1. The summed E-state index contributed by atoms with van der Waals surface area (Å²) in [7, 11) is 0. The molecule has 4 rings (SSSR count). The summed E-state index contributed by atoms with van der Waals surface area (Å²) in [5, 5.41) is 13.0. The van der Waals surface area contributed by atoms with Crippen molar-refractivity contribution in [3.63, 3.8) is 0 Å². The Kier molecular flexibility index (Phi) is 7.80. The predicted octanol–water partition coefficient (Wildman–Crippen LogP) is 4.77. The molecule has 38 heavy (non-hydrogen) atoms. The molecule has 0 spiro atoms. The zero-order valence-electron chi connectivity index (χ0n) is 22.0. The average molecular weight is 524 g/mol. The number of hydrogen-bond acceptors (Lipinski definition) is 6. The number of hydrogen-bond donors (Lipinski definition) is 2. The predicted molar refractivity (Wildman–Crippen MR) is 142 cm³/mol. The highest BCUT2D eigenvalue weighted by molar-refractivity contribution is 6.07. The summed E-state index contributed by atoms with van der Waals surface area (Å²) in [6.07, 6.45) is -0.345. The normalized spacial score (nSPS) is 15.4. The Morgan fingerprint density at radius 2 is 1.84 bits per heavy atom. The van der Waals surface area contributed by atoms with Crippen LogP contribution in [0.2, 0.25) is 0 Å². The number of nitrogens with zero attached hydrogens (tertiary/aromatic N) is 2.